The molecule has 0 radical (unpaired) electrons. The van der Waals surface area contributed by atoms with Crippen LogP contribution >= 0.6 is 23.2 Å². The predicted molar refractivity (Wildman–Crippen MR) is 81.7 cm³/mol. The summed E-state index contributed by atoms with van der Waals surface area (Å²) >= 11 is 11.9. The van der Waals surface area contributed by atoms with E-state index in [4.69, 9.17) is 23.2 Å². The summed E-state index contributed by atoms with van der Waals surface area (Å²) in [4.78, 5) is 0. The molecule has 0 heterocycles. The quantitative estimate of drug-likeness (QED) is 0.833. The molecule has 0 saturated heterocycles. The summed E-state index contributed by atoms with van der Waals surface area (Å²) in [6, 6.07) is 10.9. The molecule has 0 aromatic heterocycles. The summed E-state index contributed by atoms with van der Waals surface area (Å²) in [5.74, 6) is -0.326. The molecule has 0 aliphatic heterocycles. The summed E-state index contributed by atoms with van der Waals surface area (Å²) in [5, 5.41) is 4.44. The molecule has 3 rings (SSSR count). The molecule has 0 unspecified atom stereocenters. The van der Waals surface area contributed by atoms with Crippen molar-refractivity contribution in [1.29, 1.82) is 0 Å². The molecule has 1 N–H and O–H groups in total. The Kier molecular flexibility index (Phi) is 3.97. The summed E-state index contributed by atoms with van der Waals surface area (Å²) in [6.07, 6.45) is 2.44. The molecule has 2 aromatic carbocycles. The van der Waals surface area contributed by atoms with Crippen LogP contribution in [-0.4, -0.2) is 6.04 Å². The third-order valence-electron chi connectivity index (χ3n) is 3.45. The first kappa shape index (κ1) is 13.9. The first-order valence-electron chi connectivity index (χ1n) is 6.61. The van der Waals surface area contributed by atoms with Gasteiger partial charge in [-0.05, 0) is 54.3 Å². The Hall–Kier alpha value is -1.09. The highest BCUT2D eigenvalue weighted by Crippen LogP contribution is 2.31. The van der Waals surface area contributed by atoms with Crippen molar-refractivity contribution in [2.45, 2.75) is 25.4 Å². The normalized spacial score (nSPS) is 14.6. The van der Waals surface area contributed by atoms with E-state index in [0.29, 0.717) is 21.7 Å². The van der Waals surface area contributed by atoms with Crippen molar-refractivity contribution in [3.8, 4) is 11.1 Å². The van der Waals surface area contributed by atoms with E-state index < -0.39 is 0 Å². The molecular formula is C16H14Cl2FN. The lowest BCUT2D eigenvalue weighted by Gasteiger charge is -2.12. The Morgan fingerprint density at radius 3 is 2.40 bits per heavy atom. The van der Waals surface area contributed by atoms with Gasteiger partial charge in [0.15, 0.2) is 0 Å². The second-order valence-electron chi connectivity index (χ2n) is 5.08. The predicted octanol–water partition coefficient (Wildman–Crippen LogP) is 5.05. The average Bonchev–Trinajstić information content (AvgIpc) is 3.21. The first-order chi connectivity index (χ1) is 9.63. The molecule has 0 atom stereocenters. The lowest BCUT2D eigenvalue weighted by atomic mass is 9.99. The number of hydrogen-bond donors (Lipinski definition) is 1. The fourth-order valence-corrected chi connectivity index (χ4v) is 2.53. The van der Waals surface area contributed by atoms with Crippen LogP contribution in [0.4, 0.5) is 4.39 Å². The van der Waals surface area contributed by atoms with Gasteiger partial charge in [0.25, 0.3) is 0 Å². The maximum absolute atomic E-state index is 14.1. The molecule has 20 heavy (non-hydrogen) atoms. The molecule has 0 spiro atoms. The van der Waals surface area contributed by atoms with Gasteiger partial charge in [0.05, 0.1) is 0 Å². The minimum Gasteiger partial charge on any atom is -0.310 e. The average molecular weight is 310 g/mol. The number of benzene rings is 2. The maximum atomic E-state index is 14.1. The van der Waals surface area contributed by atoms with E-state index in [1.165, 1.54) is 18.9 Å². The van der Waals surface area contributed by atoms with Crippen LogP contribution < -0.4 is 5.32 Å². The van der Waals surface area contributed by atoms with Crippen LogP contribution in [0.15, 0.2) is 36.4 Å². The van der Waals surface area contributed by atoms with Crippen LogP contribution in [0.5, 0.6) is 0 Å². The number of rotatable bonds is 4. The molecular weight excluding hydrogens is 296 g/mol. The van der Waals surface area contributed by atoms with Crippen molar-refractivity contribution >= 4 is 23.2 Å². The molecule has 1 aliphatic carbocycles. The van der Waals surface area contributed by atoms with Gasteiger partial charge in [0, 0.05) is 28.2 Å². The first-order valence-corrected chi connectivity index (χ1v) is 7.36. The smallest absolute Gasteiger partial charge is 0.132 e. The van der Waals surface area contributed by atoms with Crippen LogP contribution in [0.25, 0.3) is 11.1 Å². The van der Waals surface area contributed by atoms with E-state index in [9.17, 15) is 4.39 Å². The standard InChI is InChI=1S/C16H14Cl2FN/c17-11-2-1-10(9-20-13-4-5-13)15(7-11)14-6-3-12(18)8-16(14)19/h1-3,6-8,13,20H,4-5,9H2. The zero-order chi connectivity index (χ0) is 14.1. The molecule has 1 aliphatic rings. The van der Waals surface area contributed by atoms with E-state index in [1.807, 2.05) is 12.1 Å². The molecule has 4 heteroatoms. The highest BCUT2D eigenvalue weighted by Gasteiger charge is 2.21. The van der Waals surface area contributed by atoms with Crippen molar-refractivity contribution in [2.24, 2.45) is 0 Å². The Labute approximate surface area is 127 Å². The molecule has 1 fully saturated rings. The summed E-state index contributed by atoms with van der Waals surface area (Å²) in [5.41, 5.74) is 2.40. The topological polar surface area (TPSA) is 12.0 Å². The van der Waals surface area contributed by atoms with Crippen molar-refractivity contribution in [3.63, 3.8) is 0 Å². The van der Waals surface area contributed by atoms with Gasteiger partial charge in [-0.15, -0.1) is 0 Å². The van der Waals surface area contributed by atoms with Gasteiger partial charge in [-0.2, -0.15) is 0 Å². The minimum absolute atomic E-state index is 0.326. The lowest BCUT2D eigenvalue weighted by molar-refractivity contribution is 0.630. The molecule has 1 saturated carbocycles. The van der Waals surface area contributed by atoms with Gasteiger partial charge in [-0.25, -0.2) is 4.39 Å². The number of halogens is 3. The van der Waals surface area contributed by atoms with Crippen molar-refractivity contribution in [2.75, 3.05) is 0 Å². The highest BCUT2D eigenvalue weighted by atomic mass is 35.5. The molecule has 2 aromatic rings. The van der Waals surface area contributed by atoms with Crippen LogP contribution in [0.2, 0.25) is 10.0 Å². The second-order valence-corrected chi connectivity index (χ2v) is 5.95. The van der Waals surface area contributed by atoms with E-state index >= 15 is 0 Å². The van der Waals surface area contributed by atoms with Crippen molar-refractivity contribution < 1.29 is 4.39 Å². The monoisotopic (exact) mass is 309 g/mol. The maximum Gasteiger partial charge on any atom is 0.132 e. The van der Waals surface area contributed by atoms with E-state index in [2.05, 4.69) is 5.32 Å². The van der Waals surface area contributed by atoms with Crippen molar-refractivity contribution in [3.05, 3.63) is 57.8 Å². The SMILES string of the molecule is Fc1cc(Cl)ccc1-c1cc(Cl)ccc1CNC1CC1. The minimum atomic E-state index is -0.326. The zero-order valence-electron chi connectivity index (χ0n) is 10.8. The Balaban J connectivity index is 1.98. The van der Waals surface area contributed by atoms with Crippen LogP contribution in [-0.2, 0) is 6.54 Å². The van der Waals surface area contributed by atoms with Gasteiger partial charge in [0.2, 0.25) is 0 Å². The third kappa shape index (κ3) is 3.14. The summed E-state index contributed by atoms with van der Waals surface area (Å²) in [6.45, 7) is 0.721. The van der Waals surface area contributed by atoms with E-state index in [1.54, 1.807) is 18.2 Å². The highest BCUT2D eigenvalue weighted by molar-refractivity contribution is 6.31. The fraction of sp³-hybridized carbons (Fsp3) is 0.250. The molecule has 1 nitrogen and oxygen atoms in total. The Morgan fingerprint density at radius 1 is 1.00 bits per heavy atom. The lowest BCUT2D eigenvalue weighted by Crippen LogP contribution is -2.15. The van der Waals surface area contributed by atoms with Crippen molar-refractivity contribution in [1.82, 2.24) is 5.32 Å². The largest absolute Gasteiger partial charge is 0.310 e. The summed E-state index contributed by atoms with van der Waals surface area (Å²) in [7, 11) is 0. The van der Waals surface area contributed by atoms with Crippen LogP contribution in [0.3, 0.4) is 0 Å². The van der Waals surface area contributed by atoms with Gasteiger partial charge in [0.1, 0.15) is 5.82 Å². The van der Waals surface area contributed by atoms with Gasteiger partial charge >= 0.3 is 0 Å². The van der Waals surface area contributed by atoms with E-state index in [-0.39, 0.29) is 5.82 Å². The van der Waals surface area contributed by atoms with E-state index in [0.717, 1.165) is 17.7 Å². The van der Waals surface area contributed by atoms with Gasteiger partial charge in [-0.1, -0.05) is 29.3 Å². The molecule has 0 amide bonds. The molecule has 0 bridgehead atoms. The Bertz CT molecular complexity index is 638. The number of nitrogens with one attached hydrogen (secondary N) is 1. The van der Waals surface area contributed by atoms with Crippen LogP contribution in [0.1, 0.15) is 18.4 Å². The summed E-state index contributed by atoms with van der Waals surface area (Å²) < 4.78 is 14.1. The zero-order valence-corrected chi connectivity index (χ0v) is 12.3. The molecule has 104 valence electrons. The third-order valence-corrected chi connectivity index (χ3v) is 3.92. The van der Waals surface area contributed by atoms with Gasteiger partial charge in [-0.3, -0.25) is 0 Å². The van der Waals surface area contributed by atoms with Gasteiger partial charge < -0.3 is 5.32 Å². The Morgan fingerprint density at radius 2 is 1.70 bits per heavy atom. The fourth-order valence-electron chi connectivity index (χ4n) is 2.20. The second kappa shape index (κ2) is 5.72. The number of hydrogen-bond acceptors (Lipinski definition) is 1. The van der Waals surface area contributed by atoms with Crippen LogP contribution in [0, 0.1) is 5.82 Å².